The number of aromatic nitrogens is 1. The van der Waals surface area contributed by atoms with Crippen LogP contribution in [0, 0.1) is 20.2 Å². The molecular formula is C13H9N5O5. The summed E-state index contributed by atoms with van der Waals surface area (Å²) in [5.41, 5.74) is 1.47. The van der Waals surface area contributed by atoms with Crippen molar-refractivity contribution in [1.82, 2.24) is 10.4 Å². The number of nitro groups is 2. The van der Waals surface area contributed by atoms with Crippen molar-refractivity contribution < 1.29 is 14.6 Å². The third kappa shape index (κ3) is 4.14. The third-order valence-corrected chi connectivity index (χ3v) is 2.67. The average molecular weight is 315 g/mol. The Morgan fingerprint density at radius 2 is 1.65 bits per heavy atom. The Morgan fingerprint density at radius 3 is 2.17 bits per heavy atom. The van der Waals surface area contributed by atoms with Gasteiger partial charge in [0.25, 0.3) is 17.3 Å². The van der Waals surface area contributed by atoms with Crippen LogP contribution in [0.25, 0.3) is 0 Å². The van der Waals surface area contributed by atoms with Crippen LogP contribution in [0.1, 0.15) is 15.9 Å². The van der Waals surface area contributed by atoms with E-state index in [0.717, 1.165) is 18.2 Å². The summed E-state index contributed by atoms with van der Waals surface area (Å²) in [4.78, 5) is 35.6. The molecule has 0 spiro atoms. The lowest BCUT2D eigenvalue weighted by Gasteiger charge is -2.00. The van der Waals surface area contributed by atoms with Crippen LogP contribution in [-0.2, 0) is 0 Å². The van der Waals surface area contributed by atoms with Crippen LogP contribution in [0.15, 0.2) is 47.8 Å². The molecule has 10 nitrogen and oxygen atoms in total. The third-order valence-electron chi connectivity index (χ3n) is 2.67. The van der Waals surface area contributed by atoms with E-state index in [1.165, 1.54) is 18.6 Å². The lowest BCUT2D eigenvalue weighted by Crippen LogP contribution is -2.18. The molecule has 0 fully saturated rings. The first-order valence-electron chi connectivity index (χ1n) is 6.14. The molecule has 0 aliphatic rings. The van der Waals surface area contributed by atoms with Crippen molar-refractivity contribution >= 4 is 23.5 Å². The predicted octanol–water partition coefficient (Wildman–Crippen LogP) is 1.66. The fourth-order valence-electron chi connectivity index (χ4n) is 1.62. The monoisotopic (exact) mass is 315 g/mol. The van der Waals surface area contributed by atoms with E-state index in [1.54, 1.807) is 12.1 Å². The SMILES string of the molecule is O=C(N/N=C\c1ccncc1)c1cc([N+](=O)[O-])cc([N+](=O)[O-])c1. The molecular weight excluding hydrogens is 306 g/mol. The minimum atomic E-state index is -0.815. The number of nitro benzene ring substituents is 2. The zero-order chi connectivity index (χ0) is 16.8. The summed E-state index contributed by atoms with van der Waals surface area (Å²) in [6.45, 7) is 0. The summed E-state index contributed by atoms with van der Waals surface area (Å²) in [7, 11) is 0. The Hall–Kier alpha value is -3.69. The van der Waals surface area contributed by atoms with Gasteiger partial charge in [0.1, 0.15) is 0 Å². The molecule has 23 heavy (non-hydrogen) atoms. The highest BCUT2D eigenvalue weighted by Crippen LogP contribution is 2.22. The summed E-state index contributed by atoms with van der Waals surface area (Å²) >= 11 is 0. The molecule has 2 rings (SSSR count). The first kappa shape index (κ1) is 15.7. The first-order chi connectivity index (χ1) is 11.0. The van der Waals surface area contributed by atoms with Gasteiger partial charge in [-0.1, -0.05) is 0 Å². The topological polar surface area (TPSA) is 141 Å². The van der Waals surface area contributed by atoms with Crippen LogP contribution in [0.4, 0.5) is 11.4 Å². The van der Waals surface area contributed by atoms with Gasteiger partial charge in [-0.15, -0.1) is 0 Å². The molecule has 0 saturated carbocycles. The number of nitrogens with zero attached hydrogens (tertiary/aromatic N) is 4. The molecule has 0 radical (unpaired) electrons. The van der Waals surface area contributed by atoms with Gasteiger partial charge in [0.2, 0.25) is 0 Å². The van der Waals surface area contributed by atoms with E-state index in [0.29, 0.717) is 5.56 Å². The number of carbonyl (C=O) groups excluding carboxylic acids is 1. The normalized spacial score (nSPS) is 10.4. The van der Waals surface area contributed by atoms with Crippen molar-refractivity contribution in [3.05, 3.63) is 74.1 Å². The van der Waals surface area contributed by atoms with Crippen LogP contribution >= 0.6 is 0 Å². The summed E-state index contributed by atoms with van der Waals surface area (Å²) in [5, 5.41) is 25.2. The molecule has 1 amide bonds. The van der Waals surface area contributed by atoms with Crippen LogP contribution in [-0.4, -0.2) is 27.0 Å². The second-order valence-corrected chi connectivity index (χ2v) is 4.23. The molecule has 0 aliphatic heterocycles. The zero-order valence-corrected chi connectivity index (χ0v) is 11.4. The zero-order valence-electron chi connectivity index (χ0n) is 11.4. The Labute approximate surface area is 128 Å². The van der Waals surface area contributed by atoms with Crippen molar-refractivity contribution in [3.8, 4) is 0 Å². The molecule has 0 unspecified atom stereocenters. The number of carbonyl (C=O) groups is 1. The molecule has 1 heterocycles. The van der Waals surface area contributed by atoms with Crippen molar-refractivity contribution in [1.29, 1.82) is 0 Å². The van der Waals surface area contributed by atoms with Crippen molar-refractivity contribution in [2.24, 2.45) is 5.10 Å². The molecule has 1 aromatic carbocycles. The van der Waals surface area contributed by atoms with Crippen molar-refractivity contribution in [2.75, 3.05) is 0 Å². The predicted molar refractivity (Wildman–Crippen MR) is 79.0 cm³/mol. The van der Waals surface area contributed by atoms with Gasteiger partial charge in [-0.3, -0.25) is 30.0 Å². The van der Waals surface area contributed by atoms with Gasteiger partial charge >= 0.3 is 0 Å². The van der Waals surface area contributed by atoms with Crippen LogP contribution in [0.2, 0.25) is 0 Å². The largest absolute Gasteiger partial charge is 0.277 e. The standard InChI is InChI=1S/C13H9N5O5/c19-13(16-15-8-9-1-3-14-4-2-9)10-5-11(17(20)21)7-12(6-10)18(22)23/h1-8H,(H,16,19)/b15-8-. The highest BCUT2D eigenvalue weighted by molar-refractivity contribution is 5.96. The van der Waals surface area contributed by atoms with E-state index >= 15 is 0 Å². The van der Waals surface area contributed by atoms with Crippen molar-refractivity contribution in [3.63, 3.8) is 0 Å². The van der Waals surface area contributed by atoms with E-state index < -0.39 is 27.1 Å². The summed E-state index contributed by atoms with van der Waals surface area (Å²) in [5.74, 6) is -0.804. The molecule has 1 aromatic heterocycles. The average Bonchev–Trinajstić information content (AvgIpc) is 2.55. The Morgan fingerprint density at radius 1 is 1.09 bits per heavy atom. The number of rotatable bonds is 5. The van der Waals surface area contributed by atoms with E-state index in [9.17, 15) is 25.0 Å². The van der Waals surface area contributed by atoms with Crippen LogP contribution < -0.4 is 5.43 Å². The minimum Gasteiger partial charge on any atom is -0.267 e. The summed E-state index contributed by atoms with van der Waals surface area (Å²) < 4.78 is 0. The number of amides is 1. The van der Waals surface area contributed by atoms with Crippen LogP contribution in [0.5, 0.6) is 0 Å². The van der Waals surface area contributed by atoms with E-state index in [2.05, 4.69) is 15.5 Å². The van der Waals surface area contributed by atoms with Crippen LogP contribution in [0.3, 0.4) is 0 Å². The smallest absolute Gasteiger partial charge is 0.267 e. The van der Waals surface area contributed by atoms with Gasteiger partial charge in [0.15, 0.2) is 0 Å². The number of benzene rings is 1. The maximum absolute atomic E-state index is 11.9. The highest BCUT2D eigenvalue weighted by atomic mass is 16.6. The van der Waals surface area contributed by atoms with Gasteiger partial charge in [0.05, 0.1) is 27.7 Å². The van der Waals surface area contributed by atoms with Gasteiger partial charge in [-0.25, -0.2) is 5.43 Å². The Balaban J connectivity index is 2.20. The van der Waals surface area contributed by atoms with Gasteiger partial charge in [0, 0.05) is 24.5 Å². The number of hydrogen-bond acceptors (Lipinski definition) is 7. The fraction of sp³-hybridized carbons (Fsp3) is 0. The number of hydrazone groups is 1. The van der Waals surface area contributed by atoms with E-state index in [-0.39, 0.29) is 5.56 Å². The van der Waals surface area contributed by atoms with E-state index in [1.807, 2.05) is 0 Å². The number of nitrogens with one attached hydrogen (secondary N) is 1. The number of pyridine rings is 1. The number of hydrogen-bond donors (Lipinski definition) is 1. The molecule has 0 bridgehead atoms. The quantitative estimate of drug-likeness (QED) is 0.505. The maximum atomic E-state index is 11.9. The molecule has 2 aromatic rings. The highest BCUT2D eigenvalue weighted by Gasteiger charge is 2.19. The second-order valence-electron chi connectivity index (χ2n) is 4.23. The molecule has 10 heteroatoms. The van der Waals surface area contributed by atoms with Gasteiger partial charge in [-0.05, 0) is 17.7 Å². The molecule has 0 atom stereocenters. The lowest BCUT2D eigenvalue weighted by atomic mass is 10.1. The lowest BCUT2D eigenvalue weighted by molar-refractivity contribution is -0.394. The molecule has 0 aliphatic carbocycles. The molecule has 116 valence electrons. The first-order valence-corrected chi connectivity index (χ1v) is 6.14. The summed E-state index contributed by atoms with van der Waals surface area (Å²) in [6, 6.07) is 5.94. The summed E-state index contributed by atoms with van der Waals surface area (Å²) in [6.07, 6.45) is 4.41. The van der Waals surface area contributed by atoms with Crippen molar-refractivity contribution in [2.45, 2.75) is 0 Å². The second kappa shape index (κ2) is 6.85. The van der Waals surface area contributed by atoms with Gasteiger partial charge in [-0.2, -0.15) is 5.10 Å². The van der Waals surface area contributed by atoms with E-state index in [4.69, 9.17) is 0 Å². The maximum Gasteiger partial charge on any atom is 0.277 e. The number of non-ortho nitro benzene ring substituents is 2. The minimum absolute atomic E-state index is 0.238. The molecule has 0 saturated heterocycles. The van der Waals surface area contributed by atoms with Gasteiger partial charge < -0.3 is 0 Å². The fourth-order valence-corrected chi connectivity index (χ4v) is 1.62. The Kier molecular flexibility index (Phi) is 4.67. The Bertz CT molecular complexity index is 758. The molecule has 1 N–H and O–H groups in total.